The van der Waals surface area contributed by atoms with Crippen LogP contribution in [0.2, 0.25) is 0 Å². The van der Waals surface area contributed by atoms with Crippen molar-refractivity contribution in [2.45, 2.75) is 12.5 Å². The third-order valence-electron chi connectivity index (χ3n) is 2.02. The Morgan fingerprint density at radius 3 is 2.67 bits per heavy atom. The molecule has 3 N–H and O–H groups in total. The Morgan fingerprint density at radius 2 is 2.06 bits per heavy atom. The zero-order valence-electron chi connectivity index (χ0n) is 9.35. The van der Waals surface area contributed by atoms with Crippen molar-refractivity contribution >= 4 is 5.91 Å². The Balaban J connectivity index is 2.32. The van der Waals surface area contributed by atoms with E-state index in [4.69, 9.17) is 9.84 Å². The Morgan fingerprint density at radius 1 is 1.39 bits per heavy atom. The van der Waals surface area contributed by atoms with E-state index in [9.17, 15) is 18.7 Å². The fourth-order valence-electron chi connectivity index (χ4n) is 1.08. The monoisotopic (exact) mass is 261 g/mol. The zero-order chi connectivity index (χ0) is 13.5. The number of aliphatic hydroxyl groups excluding tert-OH is 1. The number of ether oxygens (including phenoxy) is 1. The normalized spacial score (nSPS) is 12.2. The summed E-state index contributed by atoms with van der Waals surface area (Å²) in [5.74, 6) is -0.682. The topological polar surface area (TPSA) is 78.8 Å². The maximum atomic E-state index is 11.9. The number of carbonyl (C=O) groups is 1. The number of hydrogen-bond donors (Lipinski definition) is 3. The van der Waals surface area contributed by atoms with Crippen LogP contribution in [0.1, 0.15) is 0 Å². The molecule has 18 heavy (non-hydrogen) atoms. The van der Waals surface area contributed by atoms with E-state index in [2.05, 4.69) is 5.32 Å². The molecular weight excluding hydrogens is 248 g/mol. The number of alkyl halides is 2. The maximum absolute atomic E-state index is 11.9. The molecule has 1 amide bonds. The molecule has 0 heterocycles. The zero-order valence-corrected chi connectivity index (χ0v) is 9.35. The molecule has 5 nitrogen and oxygen atoms in total. The molecule has 1 unspecified atom stereocenters. The molecule has 0 saturated carbocycles. The lowest BCUT2D eigenvalue weighted by molar-refractivity contribution is -0.124. The minimum Gasteiger partial charge on any atom is -0.504 e. The van der Waals surface area contributed by atoms with Crippen LogP contribution in [-0.4, -0.2) is 41.8 Å². The van der Waals surface area contributed by atoms with Gasteiger partial charge in [-0.15, -0.1) is 0 Å². The second-order valence-corrected chi connectivity index (χ2v) is 3.46. The molecule has 1 aromatic rings. The number of rotatable bonds is 6. The summed E-state index contributed by atoms with van der Waals surface area (Å²) in [5, 5.41) is 20.2. The number of benzene rings is 1. The van der Waals surface area contributed by atoms with Crippen LogP contribution in [0.15, 0.2) is 24.3 Å². The lowest BCUT2D eigenvalue weighted by Gasteiger charge is -2.11. The average Bonchev–Trinajstić information content (AvgIpc) is 2.34. The predicted octanol–water partition coefficient (Wildman–Crippen LogP) is 0.513. The molecule has 0 aliphatic heterocycles. The average molecular weight is 261 g/mol. The smallest absolute Gasteiger partial charge is 0.265 e. The number of amides is 1. The fraction of sp³-hybridized carbons (Fsp3) is 0.364. The second kappa shape index (κ2) is 6.75. The molecule has 7 heteroatoms. The highest BCUT2D eigenvalue weighted by Crippen LogP contribution is 2.23. The van der Waals surface area contributed by atoms with E-state index < -0.39 is 31.6 Å². The number of halogens is 2. The third-order valence-corrected chi connectivity index (χ3v) is 2.02. The lowest BCUT2D eigenvalue weighted by atomic mass is 10.3. The van der Waals surface area contributed by atoms with Crippen molar-refractivity contribution in [3.8, 4) is 11.5 Å². The molecule has 100 valence electrons. The summed E-state index contributed by atoms with van der Waals surface area (Å²) in [5.41, 5.74) is 0. The van der Waals surface area contributed by atoms with Gasteiger partial charge >= 0.3 is 0 Å². The number of para-hydroxylation sites is 2. The predicted molar refractivity (Wildman–Crippen MR) is 58.6 cm³/mol. The number of nitrogens with one attached hydrogen (secondary N) is 1. The summed E-state index contributed by atoms with van der Waals surface area (Å²) in [7, 11) is 0. The molecule has 0 spiro atoms. The van der Waals surface area contributed by atoms with Gasteiger partial charge in [0.25, 0.3) is 12.3 Å². The first kappa shape index (κ1) is 14.2. The van der Waals surface area contributed by atoms with E-state index in [0.29, 0.717) is 0 Å². The van der Waals surface area contributed by atoms with Gasteiger partial charge in [0, 0.05) is 6.54 Å². The lowest BCUT2D eigenvalue weighted by Crippen LogP contribution is -2.38. The first-order chi connectivity index (χ1) is 8.50. The Bertz CT molecular complexity index is 400. The van der Waals surface area contributed by atoms with E-state index in [1.165, 1.54) is 12.1 Å². The Labute approximate surface area is 102 Å². The van der Waals surface area contributed by atoms with Crippen molar-refractivity contribution in [2.24, 2.45) is 0 Å². The minimum atomic E-state index is -2.91. The number of aromatic hydroxyl groups is 1. The number of aliphatic hydroxyl groups is 1. The molecule has 0 aliphatic rings. The van der Waals surface area contributed by atoms with Gasteiger partial charge in [-0.25, -0.2) is 8.78 Å². The molecule has 1 atom stereocenters. The van der Waals surface area contributed by atoms with Crippen molar-refractivity contribution in [1.82, 2.24) is 5.32 Å². The molecule has 0 aromatic heterocycles. The highest BCUT2D eigenvalue weighted by Gasteiger charge is 2.17. The van der Waals surface area contributed by atoms with E-state index in [0.717, 1.165) is 0 Å². The van der Waals surface area contributed by atoms with Crippen LogP contribution in [0.25, 0.3) is 0 Å². The molecule has 0 bridgehead atoms. The molecule has 0 fully saturated rings. The van der Waals surface area contributed by atoms with Crippen molar-refractivity contribution in [3.63, 3.8) is 0 Å². The summed E-state index contributed by atoms with van der Waals surface area (Å²) < 4.78 is 28.8. The number of hydrogen-bond acceptors (Lipinski definition) is 4. The summed E-state index contributed by atoms with van der Waals surface area (Å²) >= 11 is 0. The number of phenols is 1. The van der Waals surface area contributed by atoms with E-state index in [-0.39, 0.29) is 11.5 Å². The van der Waals surface area contributed by atoms with Crippen LogP contribution in [0, 0.1) is 0 Å². The van der Waals surface area contributed by atoms with Gasteiger partial charge in [0.05, 0.1) is 0 Å². The summed E-state index contributed by atoms with van der Waals surface area (Å²) in [6, 6.07) is 6.03. The molecule has 0 radical (unpaired) electrons. The molecule has 1 rings (SSSR count). The van der Waals surface area contributed by atoms with Gasteiger partial charge in [-0.1, -0.05) is 12.1 Å². The van der Waals surface area contributed by atoms with Gasteiger partial charge in [-0.05, 0) is 12.1 Å². The molecule has 0 saturated heterocycles. The van der Waals surface area contributed by atoms with E-state index in [1.54, 1.807) is 12.1 Å². The van der Waals surface area contributed by atoms with Gasteiger partial charge < -0.3 is 20.3 Å². The highest BCUT2D eigenvalue weighted by atomic mass is 19.3. The van der Waals surface area contributed by atoms with Crippen molar-refractivity contribution in [1.29, 1.82) is 0 Å². The van der Waals surface area contributed by atoms with Gasteiger partial charge in [-0.2, -0.15) is 0 Å². The van der Waals surface area contributed by atoms with Crippen LogP contribution < -0.4 is 10.1 Å². The van der Waals surface area contributed by atoms with Gasteiger partial charge in [0.15, 0.2) is 18.1 Å². The summed E-state index contributed by atoms with van der Waals surface area (Å²) in [6.45, 7) is -0.992. The van der Waals surface area contributed by atoms with Crippen molar-refractivity contribution in [3.05, 3.63) is 24.3 Å². The van der Waals surface area contributed by atoms with Crippen molar-refractivity contribution < 1.29 is 28.5 Å². The summed E-state index contributed by atoms with van der Waals surface area (Å²) in [4.78, 5) is 11.2. The quantitative estimate of drug-likeness (QED) is 0.697. The minimum absolute atomic E-state index is 0.113. The number of carbonyl (C=O) groups excluding carboxylic acids is 1. The first-order valence-electron chi connectivity index (χ1n) is 5.14. The van der Waals surface area contributed by atoms with Crippen LogP contribution in [0.5, 0.6) is 11.5 Å². The standard InChI is InChI=1S/C11H13F2NO4/c12-11(13)8(16)5-14-10(17)6-18-9-4-2-1-3-7(9)15/h1-4,8,11,15-16H,5-6H2,(H,14,17). The summed E-state index contributed by atoms with van der Waals surface area (Å²) in [6.07, 6.45) is -4.82. The SMILES string of the molecule is O=C(COc1ccccc1O)NCC(O)C(F)F. The highest BCUT2D eigenvalue weighted by molar-refractivity contribution is 5.77. The van der Waals surface area contributed by atoms with Gasteiger partial charge in [0.1, 0.15) is 6.10 Å². The fourth-order valence-corrected chi connectivity index (χ4v) is 1.08. The van der Waals surface area contributed by atoms with Crippen LogP contribution in [0.4, 0.5) is 8.78 Å². The van der Waals surface area contributed by atoms with Crippen molar-refractivity contribution in [2.75, 3.05) is 13.2 Å². The van der Waals surface area contributed by atoms with Gasteiger partial charge in [-0.3, -0.25) is 4.79 Å². The van der Waals surface area contributed by atoms with Crippen LogP contribution >= 0.6 is 0 Å². The van der Waals surface area contributed by atoms with Crippen LogP contribution in [0.3, 0.4) is 0 Å². The first-order valence-corrected chi connectivity index (χ1v) is 5.14. The maximum Gasteiger partial charge on any atom is 0.265 e. The Kier molecular flexibility index (Phi) is 5.31. The second-order valence-electron chi connectivity index (χ2n) is 3.46. The third kappa shape index (κ3) is 4.54. The largest absolute Gasteiger partial charge is 0.504 e. The molecule has 0 aliphatic carbocycles. The molecular formula is C11H13F2NO4. The van der Waals surface area contributed by atoms with E-state index >= 15 is 0 Å². The van der Waals surface area contributed by atoms with Crippen LogP contribution in [-0.2, 0) is 4.79 Å². The number of phenolic OH excluding ortho intramolecular Hbond substituents is 1. The van der Waals surface area contributed by atoms with Gasteiger partial charge in [0.2, 0.25) is 0 Å². The molecule has 1 aromatic carbocycles. The van der Waals surface area contributed by atoms with E-state index in [1.807, 2.05) is 0 Å². The Hall–Kier alpha value is -1.89.